The number of unbranched alkanes of at least 4 members (excludes halogenated alkanes) is 2. The number of nitrogens with zero attached hydrogens (tertiary/aromatic N) is 5. The second-order valence-corrected chi connectivity index (χ2v) is 4.40. The molecular weight excluding hydrogens is 230 g/mol. The highest BCUT2D eigenvalue weighted by Crippen LogP contribution is 2.16. The minimum atomic E-state index is 0.265. The molecule has 0 unspecified atom stereocenters. The molecule has 6 nitrogen and oxygen atoms in total. The lowest BCUT2D eigenvalue weighted by Crippen LogP contribution is -2.20. The normalized spacial score (nSPS) is 11.1. The fraction of sp³-hybridized carbons (Fsp3) is 0.583. The predicted molar refractivity (Wildman–Crippen MR) is 69.7 cm³/mol. The number of aliphatic hydroxyl groups excluding tert-OH is 1. The van der Waals surface area contributed by atoms with Crippen LogP contribution in [-0.4, -0.2) is 44.9 Å². The lowest BCUT2D eigenvalue weighted by molar-refractivity contribution is 0.283. The van der Waals surface area contributed by atoms with Crippen LogP contribution in [0.4, 0.5) is 5.82 Å². The molecule has 2 rings (SSSR count). The van der Waals surface area contributed by atoms with Crippen LogP contribution in [0, 0.1) is 6.92 Å². The Morgan fingerprint density at radius 3 is 2.89 bits per heavy atom. The van der Waals surface area contributed by atoms with Crippen LogP contribution in [0.15, 0.2) is 12.4 Å². The van der Waals surface area contributed by atoms with Gasteiger partial charge in [-0.25, -0.2) is 4.98 Å². The molecule has 6 heteroatoms. The molecule has 2 aromatic rings. The number of hydrogen-bond acceptors (Lipinski definition) is 5. The van der Waals surface area contributed by atoms with E-state index in [0.29, 0.717) is 0 Å². The first-order chi connectivity index (χ1) is 8.74. The monoisotopic (exact) mass is 249 g/mol. The zero-order valence-electron chi connectivity index (χ0n) is 10.9. The van der Waals surface area contributed by atoms with Gasteiger partial charge in [0.1, 0.15) is 5.82 Å². The lowest BCUT2D eigenvalue weighted by Gasteiger charge is -2.17. The molecule has 0 fully saturated rings. The summed E-state index contributed by atoms with van der Waals surface area (Å²) in [7, 11) is 2.01. The van der Waals surface area contributed by atoms with Gasteiger partial charge in [0.15, 0.2) is 5.82 Å². The number of anilines is 1. The first-order valence-electron chi connectivity index (χ1n) is 6.22. The maximum Gasteiger partial charge on any atom is 0.203 e. The standard InChI is InChI=1S/C12H19N5O/c1-10-14-15-12-11(13-6-8-17(10)12)16(2)7-4-3-5-9-18/h6,8,18H,3-5,7,9H2,1-2H3. The molecule has 0 radical (unpaired) electrons. The third-order valence-corrected chi connectivity index (χ3v) is 2.99. The van der Waals surface area contributed by atoms with Crippen LogP contribution in [-0.2, 0) is 0 Å². The van der Waals surface area contributed by atoms with Crippen LogP contribution >= 0.6 is 0 Å². The van der Waals surface area contributed by atoms with Crippen molar-refractivity contribution in [3.05, 3.63) is 18.2 Å². The molecular formula is C12H19N5O. The second kappa shape index (κ2) is 5.77. The maximum absolute atomic E-state index is 8.75. The Morgan fingerprint density at radius 1 is 1.28 bits per heavy atom. The number of aromatic nitrogens is 4. The molecule has 0 aliphatic heterocycles. The highest BCUT2D eigenvalue weighted by molar-refractivity contribution is 5.63. The molecule has 0 saturated heterocycles. The van der Waals surface area contributed by atoms with Crippen LogP contribution in [0.5, 0.6) is 0 Å². The topological polar surface area (TPSA) is 66.5 Å². The van der Waals surface area contributed by atoms with Crippen molar-refractivity contribution < 1.29 is 5.11 Å². The summed E-state index contributed by atoms with van der Waals surface area (Å²) >= 11 is 0. The summed E-state index contributed by atoms with van der Waals surface area (Å²) in [5, 5.41) is 17.0. The summed E-state index contributed by atoms with van der Waals surface area (Å²) in [6.45, 7) is 3.09. The van der Waals surface area contributed by atoms with Crippen LogP contribution in [0.2, 0.25) is 0 Å². The third-order valence-electron chi connectivity index (χ3n) is 2.99. The third kappa shape index (κ3) is 2.59. The van der Waals surface area contributed by atoms with E-state index in [4.69, 9.17) is 5.11 Å². The Labute approximate surface area is 106 Å². The zero-order chi connectivity index (χ0) is 13.0. The van der Waals surface area contributed by atoms with Crippen molar-refractivity contribution in [1.82, 2.24) is 19.6 Å². The molecule has 0 bridgehead atoms. The molecule has 0 spiro atoms. The molecule has 2 heterocycles. The molecule has 0 amide bonds. The van der Waals surface area contributed by atoms with E-state index in [1.807, 2.05) is 24.6 Å². The fourth-order valence-corrected chi connectivity index (χ4v) is 1.94. The van der Waals surface area contributed by atoms with Crippen LogP contribution in [0.25, 0.3) is 5.65 Å². The van der Waals surface area contributed by atoms with Gasteiger partial charge in [0, 0.05) is 32.6 Å². The number of hydrogen-bond donors (Lipinski definition) is 1. The van der Waals surface area contributed by atoms with Crippen molar-refractivity contribution in [2.75, 3.05) is 25.1 Å². The van der Waals surface area contributed by atoms with Gasteiger partial charge in [-0.2, -0.15) is 0 Å². The molecule has 98 valence electrons. The maximum atomic E-state index is 8.75. The molecule has 0 atom stereocenters. The van der Waals surface area contributed by atoms with Crippen molar-refractivity contribution in [1.29, 1.82) is 0 Å². The largest absolute Gasteiger partial charge is 0.396 e. The summed E-state index contributed by atoms with van der Waals surface area (Å²) in [4.78, 5) is 6.46. The number of aryl methyl sites for hydroxylation is 1. The number of fused-ring (bicyclic) bond motifs is 1. The minimum Gasteiger partial charge on any atom is -0.396 e. The van der Waals surface area contributed by atoms with E-state index < -0.39 is 0 Å². The predicted octanol–water partition coefficient (Wildman–Crippen LogP) is 1.03. The Kier molecular flexibility index (Phi) is 4.09. The summed E-state index contributed by atoms with van der Waals surface area (Å²) in [6.07, 6.45) is 6.55. The first kappa shape index (κ1) is 12.8. The Morgan fingerprint density at radius 2 is 2.11 bits per heavy atom. The molecule has 0 aromatic carbocycles. The van der Waals surface area contributed by atoms with Gasteiger partial charge in [-0.1, -0.05) is 0 Å². The van der Waals surface area contributed by atoms with Crippen molar-refractivity contribution >= 4 is 11.5 Å². The van der Waals surface area contributed by atoms with Gasteiger partial charge >= 0.3 is 0 Å². The zero-order valence-corrected chi connectivity index (χ0v) is 10.9. The Bertz CT molecular complexity index is 510. The quantitative estimate of drug-likeness (QED) is 0.775. The van der Waals surface area contributed by atoms with Gasteiger partial charge in [0.2, 0.25) is 5.65 Å². The molecule has 0 aliphatic carbocycles. The highest BCUT2D eigenvalue weighted by atomic mass is 16.2. The number of rotatable bonds is 6. The van der Waals surface area contributed by atoms with Crippen molar-refractivity contribution in [2.24, 2.45) is 0 Å². The van der Waals surface area contributed by atoms with Gasteiger partial charge in [-0.3, -0.25) is 4.40 Å². The van der Waals surface area contributed by atoms with Crippen molar-refractivity contribution in [2.45, 2.75) is 26.2 Å². The Hall–Kier alpha value is -1.69. The first-order valence-corrected chi connectivity index (χ1v) is 6.22. The summed E-state index contributed by atoms with van der Waals surface area (Å²) in [6, 6.07) is 0. The number of aliphatic hydroxyl groups is 1. The molecule has 2 aromatic heterocycles. The van der Waals surface area contributed by atoms with Crippen LogP contribution in [0.1, 0.15) is 25.1 Å². The van der Waals surface area contributed by atoms with E-state index in [2.05, 4.69) is 20.1 Å². The van der Waals surface area contributed by atoms with Gasteiger partial charge in [0.25, 0.3) is 0 Å². The molecule has 1 N–H and O–H groups in total. The van der Waals surface area contributed by atoms with E-state index in [0.717, 1.165) is 43.1 Å². The minimum absolute atomic E-state index is 0.265. The van der Waals surface area contributed by atoms with Gasteiger partial charge < -0.3 is 10.0 Å². The Balaban J connectivity index is 2.10. The fourth-order valence-electron chi connectivity index (χ4n) is 1.94. The molecule has 0 aliphatic rings. The highest BCUT2D eigenvalue weighted by Gasteiger charge is 2.11. The summed E-state index contributed by atoms with van der Waals surface area (Å²) in [5.41, 5.74) is 0.791. The average molecular weight is 249 g/mol. The van der Waals surface area contributed by atoms with Gasteiger partial charge in [0.05, 0.1) is 0 Å². The molecule has 18 heavy (non-hydrogen) atoms. The van der Waals surface area contributed by atoms with E-state index in [9.17, 15) is 0 Å². The lowest BCUT2D eigenvalue weighted by atomic mass is 10.2. The molecule has 0 saturated carbocycles. The van der Waals surface area contributed by atoms with Crippen molar-refractivity contribution in [3.8, 4) is 0 Å². The van der Waals surface area contributed by atoms with Gasteiger partial charge in [-0.05, 0) is 26.2 Å². The smallest absolute Gasteiger partial charge is 0.203 e. The summed E-state index contributed by atoms with van der Waals surface area (Å²) < 4.78 is 1.94. The second-order valence-electron chi connectivity index (χ2n) is 4.40. The van der Waals surface area contributed by atoms with Crippen LogP contribution < -0.4 is 4.90 Å². The van der Waals surface area contributed by atoms with Crippen LogP contribution in [0.3, 0.4) is 0 Å². The van der Waals surface area contributed by atoms with Crippen molar-refractivity contribution in [3.63, 3.8) is 0 Å². The average Bonchev–Trinajstić information content (AvgIpc) is 2.76. The van der Waals surface area contributed by atoms with E-state index in [1.54, 1.807) is 6.20 Å². The van der Waals surface area contributed by atoms with E-state index in [1.165, 1.54) is 0 Å². The van der Waals surface area contributed by atoms with Gasteiger partial charge in [-0.15, -0.1) is 10.2 Å². The summed E-state index contributed by atoms with van der Waals surface area (Å²) in [5.74, 6) is 1.71. The van der Waals surface area contributed by atoms with E-state index in [-0.39, 0.29) is 6.61 Å². The van der Waals surface area contributed by atoms with E-state index >= 15 is 0 Å². The SMILES string of the molecule is Cc1nnc2c(N(C)CCCCCO)nccn12.